The second-order valence-electron chi connectivity index (χ2n) is 3.23. The Hall–Kier alpha value is -1.95. The molecule has 1 aromatic carbocycles. The summed E-state index contributed by atoms with van der Waals surface area (Å²) in [6.45, 7) is 0. The quantitative estimate of drug-likeness (QED) is 0.910. The van der Waals surface area contributed by atoms with E-state index in [1.165, 1.54) is 12.4 Å². The van der Waals surface area contributed by atoms with Crippen LogP contribution in [-0.2, 0) is 0 Å². The largest absolute Gasteiger partial charge is 0.476 e. The molecule has 0 aliphatic carbocycles. The SMILES string of the molecule is O=C(O)c1cncc(Nc2ccc(Br)cc2)n1. The molecule has 1 aromatic heterocycles. The van der Waals surface area contributed by atoms with Crippen molar-refractivity contribution in [1.29, 1.82) is 0 Å². The third kappa shape index (κ3) is 3.01. The molecule has 6 heteroatoms. The lowest BCUT2D eigenvalue weighted by atomic mass is 10.3. The summed E-state index contributed by atoms with van der Waals surface area (Å²) in [7, 11) is 0. The van der Waals surface area contributed by atoms with Crippen molar-refractivity contribution in [3.05, 3.63) is 46.8 Å². The molecule has 0 aliphatic rings. The van der Waals surface area contributed by atoms with Gasteiger partial charge in [-0.3, -0.25) is 4.98 Å². The predicted molar refractivity (Wildman–Crippen MR) is 66.4 cm³/mol. The molecule has 0 saturated heterocycles. The summed E-state index contributed by atoms with van der Waals surface area (Å²) in [5.74, 6) is -0.704. The molecule has 0 bridgehead atoms. The van der Waals surface area contributed by atoms with Gasteiger partial charge < -0.3 is 10.4 Å². The van der Waals surface area contributed by atoms with Crippen LogP contribution in [0, 0.1) is 0 Å². The van der Waals surface area contributed by atoms with Crippen molar-refractivity contribution >= 4 is 33.4 Å². The van der Waals surface area contributed by atoms with E-state index in [0.29, 0.717) is 5.82 Å². The van der Waals surface area contributed by atoms with Gasteiger partial charge in [-0.2, -0.15) is 0 Å². The van der Waals surface area contributed by atoms with Crippen molar-refractivity contribution in [3.8, 4) is 0 Å². The van der Waals surface area contributed by atoms with Gasteiger partial charge in [0.2, 0.25) is 0 Å². The van der Waals surface area contributed by atoms with Crippen LogP contribution >= 0.6 is 15.9 Å². The Kier molecular flexibility index (Phi) is 3.34. The van der Waals surface area contributed by atoms with E-state index < -0.39 is 5.97 Å². The lowest BCUT2D eigenvalue weighted by Gasteiger charge is -2.05. The second-order valence-corrected chi connectivity index (χ2v) is 4.14. The smallest absolute Gasteiger partial charge is 0.356 e. The van der Waals surface area contributed by atoms with Gasteiger partial charge >= 0.3 is 5.97 Å². The van der Waals surface area contributed by atoms with Gasteiger partial charge in [-0.25, -0.2) is 9.78 Å². The maximum atomic E-state index is 10.7. The molecule has 2 aromatic rings. The van der Waals surface area contributed by atoms with Crippen LogP contribution in [0.3, 0.4) is 0 Å². The Balaban J connectivity index is 2.21. The maximum Gasteiger partial charge on any atom is 0.356 e. The number of hydrogen-bond donors (Lipinski definition) is 2. The monoisotopic (exact) mass is 293 g/mol. The number of carboxylic acid groups (broad SMARTS) is 1. The number of anilines is 2. The highest BCUT2D eigenvalue weighted by atomic mass is 79.9. The van der Waals surface area contributed by atoms with Gasteiger partial charge in [-0.05, 0) is 24.3 Å². The van der Waals surface area contributed by atoms with E-state index in [0.717, 1.165) is 10.2 Å². The fourth-order valence-electron chi connectivity index (χ4n) is 1.21. The van der Waals surface area contributed by atoms with Gasteiger partial charge in [0.15, 0.2) is 5.69 Å². The summed E-state index contributed by atoms with van der Waals surface area (Å²) >= 11 is 3.33. The van der Waals surface area contributed by atoms with E-state index in [1.807, 2.05) is 24.3 Å². The van der Waals surface area contributed by atoms with Crippen LogP contribution in [0.25, 0.3) is 0 Å². The van der Waals surface area contributed by atoms with Crippen LogP contribution < -0.4 is 5.32 Å². The van der Waals surface area contributed by atoms with E-state index in [9.17, 15) is 4.79 Å². The highest BCUT2D eigenvalue weighted by molar-refractivity contribution is 9.10. The van der Waals surface area contributed by atoms with Gasteiger partial charge in [-0.1, -0.05) is 15.9 Å². The number of aromatic carboxylic acids is 1. The molecule has 0 spiro atoms. The fraction of sp³-hybridized carbons (Fsp3) is 0. The maximum absolute atomic E-state index is 10.7. The molecule has 0 radical (unpaired) electrons. The highest BCUT2D eigenvalue weighted by Crippen LogP contribution is 2.17. The first-order valence-electron chi connectivity index (χ1n) is 4.73. The molecule has 0 atom stereocenters. The molecule has 0 amide bonds. The molecule has 1 heterocycles. The number of halogens is 1. The fourth-order valence-corrected chi connectivity index (χ4v) is 1.47. The zero-order valence-electron chi connectivity index (χ0n) is 8.59. The topological polar surface area (TPSA) is 75.1 Å². The summed E-state index contributed by atoms with van der Waals surface area (Å²) in [5, 5.41) is 11.7. The number of rotatable bonds is 3. The predicted octanol–water partition coefficient (Wildman–Crippen LogP) is 2.68. The van der Waals surface area contributed by atoms with Crippen LogP contribution in [0.15, 0.2) is 41.1 Å². The second kappa shape index (κ2) is 4.92. The van der Waals surface area contributed by atoms with Crippen molar-refractivity contribution in [2.75, 3.05) is 5.32 Å². The van der Waals surface area contributed by atoms with Crippen LogP contribution in [-0.4, -0.2) is 21.0 Å². The highest BCUT2D eigenvalue weighted by Gasteiger charge is 2.05. The average Bonchev–Trinajstić information content (AvgIpc) is 2.32. The van der Waals surface area contributed by atoms with Crippen molar-refractivity contribution < 1.29 is 9.90 Å². The number of carboxylic acids is 1. The zero-order chi connectivity index (χ0) is 12.3. The first-order chi connectivity index (χ1) is 8.15. The molecule has 5 nitrogen and oxygen atoms in total. The molecular weight excluding hydrogens is 286 g/mol. The summed E-state index contributed by atoms with van der Waals surface area (Å²) in [4.78, 5) is 18.4. The Bertz CT molecular complexity index is 543. The number of hydrogen-bond acceptors (Lipinski definition) is 4. The standard InChI is InChI=1S/C11H8BrN3O2/c12-7-1-3-8(4-2-7)14-10-6-13-5-9(15-10)11(16)17/h1-6H,(H,14,15)(H,16,17). The molecule has 86 valence electrons. The summed E-state index contributed by atoms with van der Waals surface area (Å²) < 4.78 is 0.966. The Morgan fingerprint density at radius 2 is 1.94 bits per heavy atom. The summed E-state index contributed by atoms with van der Waals surface area (Å²) in [5.41, 5.74) is 0.720. The van der Waals surface area contributed by atoms with E-state index >= 15 is 0 Å². The molecule has 0 fully saturated rings. The number of benzene rings is 1. The van der Waals surface area contributed by atoms with Crippen LogP contribution in [0.4, 0.5) is 11.5 Å². The molecule has 2 N–H and O–H groups in total. The number of nitrogens with one attached hydrogen (secondary N) is 1. The van der Waals surface area contributed by atoms with Gasteiger partial charge in [-0.15, -0.1) is 0 Å². The zero-order valence-corrected chi connectivity index (χ0v) is 10.2. The molecular formula is C11H8BrN3O2. The Morgan fingerprint density at radius 3 is 2.59 bits per heavy atom. The molecule has 0 aliphatic heterocycles. The minimum atomic E-state index is -1.10. The number of aromatic nitrogens is 2. The molecule has 17 heavy (non-hydrogen) atoms. The van der Waals surface area contributed by atoms with Gasteiger partial charge in [0.1, 0.15) is 5.82 Å². The third-order valence-electron chi connectivity index (χ3n) is 1.97. The first kappa shape index (κ1) is 11.5. The third-order valence-corrected chi connectivity index (χ3v) is 2.50. The van der Waals surface area contributed by atoms with Crippen LogP contribution in [0.5, 0.6) is 0 Å². The minimum Gasteiger partial charge on any atom is -0.476 e. The summed E-state index contributed by atoms with van der Waals surface area (Å²) in [6, 6.07) is 7.44. The number of nitrogens with zero attached hydrogens (tertiary/aromatic N) is 2. The Morgan fingerprint density at radius 1 is 1.24 bits per heavy atom. The normalized spacial score (nSPS) is 9.94. The van der Waals surface area contributed by atoms with Crippen molar-refractivity contribution in [1.82, 2.24) is 9.97 Å². The number of carbonyl (C=O) groups is 1. The Labute approximate surface area is 106 Å². The van der Waals surface area contributed by atoms with E-state index in [1.54, 1.807) is 0 Å². The van der Waals surface area contributed by atoms with E-state index in [-0.39, 0.29) is 5.69 Å². The van der Waals surface area contributed by atoms with Crippen LogP contribution in [0.2, 0.25) is 0 Å². The summed E-state index contributed by atoms with van der Waals surface area (Å²) in [6.07, 6.45) is 2.67. The van der Waals surface area contributed by atoms with Crippen molar-refractivity contribution in [3.63, 3.8) is 0 Å². The van der Waals surface area contributed by atoms with Gasteiger partial charge in [0, 0.05) is 10.2 Å². The van der Waals surface area contributed by atoms with Crippen LogP contribution in [0.1, 0.15) is 10.5 Å². The van der Waals surface area contributed by atoms with E-state index in [2.05, 4.69) is 31.2 Å². The molecule has 0 saturated carbocycles. The van der Waals surface area contributed by atoms with Gasteiger partial charge in [0.05, 0.1) is 12.4 Å². The first-order valence-corrected chi connectivity index (χ1v) is 5.52. The van der Waals surface area contributed by atoms with Gasteiger partial charge in [0.25, 0.3) is 0 Å². The molecule has 0 unspecified atom stereocenters. The lowest BCUT2D eigenvalue weighted by molar-refractivity contribution is 0.0690. The van der Waals surface area contributed by atoms with Crippen molar-refractivity contribution in [2.24, 2.45) is 0 Å². The molecule has 2 rings (SSSR count). The van der Waals surface area contributed by atoms with Crippen molar-refractivity contribution in [2.45, 2.75) is 0 Å². The lowest BCUT2D eigenvalue weighted by Crippen LogP contribution is -2.03. The minimum absolute atomic E-state index is 0.0906. The average molecular weight is 294 g/mol. The van der Waals surface area contributed by atoms with E-state index in [4.69, 9.17) is 5.11 Å².